The van der Waals surface area contributed by atoms with Gasteiger partial charge in [0.1, 0.15) is 0 Å². The molecule has 82 valence electrons. The summed E-state index contributed by atoms with van der Waals surface area (Å²) >= 11 is 0. The molecule has 0 amide bonds. The smallest absolute Gasteiger partial charge is 0.212 e. The van der Waals surface area contributed by atoms with Gasteiger partial charge >= 0.3 is 0 Å². The number of rotatable bonds is 2. The quantitative estimate of drug-likeness (QED) is 0.749. The van der Waals surface area contributed by atoms with E-state index in [1.165, 1.54) is 0 Å². The lowest BCUT2D eigenvalue weighted by Gasteiger charge is -2.32. The van der Waals surface area contributed by atoms with E-state index in [1.54, 1.807) is 19.4 Å². The molecule has 0 aromatic carbocycles. The maximum Gasteiger partial charge on any atom is 0.212 e. The summed E-state index contributed by atoms with van der Waals surface area (Å²) in [6, 6.07) is 3.67. The molecule has 0 spiro atoms. The second kappa shape index (κ2) is 4.16. The minimum absolute atomic E-state index is 0.580. The molecule has 1 aliphatic heterocycles. The van der Waals surface area contributed by atoms with Gasteiger partial charge in [0.2, 0.25) is 5.88 Å². The number of pyridine rings is 1. The molecule has 15 heavy (non-hydrogen) atoms. The van der Waals surface area contributed by atoms with Gasteiger partial charge in [-0.1, -0.05) is 0 Å². The predicted octanol–water partition coefficient (Wildman–Crippen LogP) is 0.661. The number of hydrogen-bond acceptors (Lipinski definition) is 4. The van der Waals surface area contributed by atoms with Gasteiger partial charge in [-0.05, 0) is 32.0 Å². The van der Waals surface area contributed by atoms with Gasteiger partial charge in [-0.15, -0.1) is 0 Å². The van der Waals surface area contributed by atoms with Crippen molar-refractivity contribution in [2.75, 3.05) is 20.2 Å². The van der Waals surface area contributed by atoms with Crippen molar-refractivity contribution in [1.82, 2.24) is 10.3 Å². The molecule has 1 aromatic rings. The lowest BCUT2D eigenvalue weighted by Crippen LogP contribution is -2.39. The van der Waals surface area contributed by atoms with Crippen LogP contribution in [0.4, 0.5) is 0 Å². The Labute approximate surface area is 89.3 Å². The number of methoxy groups -OCH3 is 1. The Hall–Kier alpha value is -1.13. The third-order valence-corrected chi connectivity index (χ3v) is 2.91. The Morgan fingerprint density at radius 1 is 1.40 bits per heavy atom. The van der Waals surface area contributed by atoms with Crippen molar-refractivity contribution >= 4 is 0 Å². The van der Waals surface area contributed by atoms with Crippen LogP contribution in [-0.4, -0.2) is 30.3 Å². The highest BCUT2D eigenvalue weighted by atomic mass is 16.5. The van der Waals surface area contributed by atoms with Crippen LogP contribution in [-0.2, 0) is 5.60 Å². The molecule has 0 radical (unpaired) electrons. The van der Waals surface area contributed by atoms with Gasteiger partial charge < -0.3 is 15.2 Å². The first-order chi connectivity index (χ1) is 7.24. The first-order valence-corrected chi connectivity index (χ1v) is 5.18. The molecule has 2 rings (SSSR count). The van der Waals surface area contributed by atoms with Crippen LogP contribution in [0.15, 0.2) is 18.3 Å². The number of nitrogens with zero attached hydrogens (tertiary/aromatic N) is 1. The molecule has 4 heteroatoms. The second-order valence-corrected chi connectivity index (χ2v) is 3.87. The van der Waals surface area contributed by atoms with Crippen LogP contribution < -0.4 is 10.1 Å². The molecule has 2 heterocycles. The summed E-state index contributed by atoms with van der Waals surface area (Å²) in [5.41, 5.74) is 0.162. The summed E-state index contributed by atoms with van der Waals surface area (Å²) in [6.45, 7) is 1.70. The van der Waals surface area contributed by atoms with Crippen LogP contribution in [0.2, 0.25) is 0 Å². The van der Waals surface area contributed by atoms with Crippen LogP contribution >= 0.6 is 0 Å². The fraction of sp³-hybridized carbons (Fsp3) is 0.545. The van der Waals surface area contributed by atoms with Crippen molar-refractivity contribution in [3.05, 3.63) is 23.9 Å². The van der Waals surface area contributed by atoms with Crippen molar-refractivity contribution in [1.29, 1.82) is 0 Å². The van der Waals surface area contributed by atoms with E-state index in [0.29, 0.717) is 5.88 Å². The van der Waals surface area contributed by atoms with Crippen LogP contribution in [0.5, 0.6) is 5.88 Å². The van der Waals surface area contributed by atoms with E-state index in [4.69, 9.17) is 4.74 Å². The summed E-state index contributed by atoms with van der Waals surface area (Å²) in [5.74, 6) is 0.580. The number of aliphatic hydroxyl groups is 1. The SMILES string of the molecule is COc1ccc(C2(O)CCNCC2)cn1. The number of hydrogen-bond donors (Lipinski definition) is 2. The number of nitrogens with one attached hydrogen (secondary N) is 1. The molecule has 0 saturated carbocycles. The second-order valence-electron chi connectivity index (χ2n) is 3.87. The first-order valence-electron chi connectivity index (χ1n) is 5.18. The minimum Gasteiger partial charge on any atom is -0.481 e. The third kappa shape index (κ3) is 2.11. The average molecular weight is 208 g/mol. The monoisotopic (exact) mass is 208 g/mol. The summed E-state index contributed by atoms with van der Waals surface area (Å²) in [7, 11) is 1.58. The number of piperidine rings is 1. The number of aromatic nitrogens is 1. The third-order valence-electron chi connectivity index (χ3n) is 2.91. The minimum atomic E-state index is -0.718. The zero-order valence-corrected chi connectivity index (χ0v) is 8.86. The van der Waals surface area contributed by atoms with Gasteiger partial charge in [-0.2, -0.15) is 0 Å². The largest absolute Gasteiger partial charge is 0.481 e. The molecule has 0 unspecified atom stereocenters. The summed E-state index contributed by atoms with van der Waals surface area (Å²) in [4.78, 5) is 4.11. The Kier molecular flexibility index (Phi) is 2.88. The maximum absolute atomic E-state index is 10.4. The molecule has 1 saturated heterocycles. The van der Waals surface area contributed by atoms with E-state index in [2.05, 4.69) is 10.3 Å². The lowest BCUT2D eigenvalue weighted by molar-refractivity contribution is 0.00558. The van der Waals surface area contributed by atoms with Gasteiger partial charge in [0.25, 0.3) is 0 Å². The van der Waals surface area contributed by atoms with Crippen molar-refractivity contribution < 1.29 is 9.84 Å². The Morgan fingerprint density at radius 2 is 2.13 bits per heavy atom. The van der Waals surface area contributed by atoms with Crippen molar-refractivity contribution in [3.63, 3.8) is 0 Å². The fourth-order valence-electron chi connectivity index (χ4n) is 1.91. The van der Waals surface area contributed by atoms with Crippen molar-refractivity contribution in [2.45, 2.75) is 18.4 Å². The van der Waals surface area contributed by atoms with Crippen molar-refractivity contribution in [2.24, 2.45) is 0 Å². The molecule has 1 aromatic heterocycles. The normalized spacial score (nSPS) is 19.9. The van der Waals surface area contributed by atoms with E-state index in [9.17, 15) is 5.11 Å². The van der Waals surface area contributed by atoms with Crippen LogP contribution in [0.25, 0.3) is 0 Å². The van der Waals surface area contributed by atoms with E-state index in [1.807, 2.05) is 6.07 Å². The average Bonchev–Trinajstić information content (AvgIpc) is 2.30. The van der Waals surface area contributed by atoms with Gasteiger partial charge in [0, 0.05) is 17.8 Å². The van der Waals surface area contributed by atoms with E-state index in [0.717, 1.165) is 31.5 Å². The standard InChI is InChI=1S/C11H16N2O2/c1-15-10-3-2-9(8-13-10)11(14)4-6-12-7-5-11/h2-3,8,12,14H,4-7H2,1H3. The Morgan fingerprint density at radius 3 is 2.67 bits per heavy atom. The molecule has 0 atom stereocenters. The molecule has 0 aliphatic carbocycles. The highest BCUT2D eigenvalue weighted by molar-refractivity contribution is 5.24. The zero-order valence-electron chi connectivity index (χ0n) is 8.86. The highest BCUT2D eigenvalue weighted by Crippen LogP contribution is 2.30. The highest BCUT2D eigenvalue weighted by Gasteiger charge is 2.31. The van der Waals surface area contributed by atoms with Crippen LogP contribution in [0.3, 0.4) is 0 Å². The zero-order chi connectivity index (χ0) is 10.7. The summed E-state index contributed by atoms with van der Waals surface area (Å²) in [6.07, 6.45) is 3.17. The Balaban J connectivity index is 2.20. The lowest BCUT2D eigenvalue weighted by atomic mass is 9.86. The maximum atomic E-state index is 10.4. The molecule has 4 nitrogen and oxygen atoms in total. The predicted molar refractivity (Wildman–Crippen MR) is 56.8 cm³/mol. The number of ether oxygens (including phenoxy) is 1. The molecule has 0 bridgehead atoms. The van der Waals surface area contributed by atoms with Crippen LogP contribution in [0.1, 0.15) is 18.4 Å². The van der Waals surface area contributed by atoms with Gasteiger partial charge in [0.05, 0.1) is 12.7 Å². The van der Waals surface area contributed by atoms with Gasteiger partial charge in [-0.25, -0.2) is 4.98 Å². The first kappa shape index (κ1) is 10.4. The molecule has 1 fully saturated rings. The Bertz CT molecular complexity index is 318. The van der Waals surface area contributed by atoms with E-state index >= 15 is 0 Å². The summed E-state index contributed by atoms with van der Waals surface area (Å²) in [5, 5.41) is 13.6. The van der Waals surface area contributed by atoms with E-state index in [-0.39, 0.29) is 0 Å². The molecular weight excluding hydrogens is 192 g/mol. The fourth-order valence-corrected chi connectivity index (χ4v) is 1.91. The summed E-state index contributed by atoms with van der Waals surface area (Å²) < 4.78 is 4.98. The molecular formula is C11H16N2O2. The topological polar surface area (TPSA) is 54.4 Å². The molecule has 2 N–H and O–H groups in total. The van der Waals surface area contributed by atoms with E-state index < -0.39 is 5.60 Å². The van der Waals surface area contributed by atoms with Crippen molar-refractivity contribution in [3.8, 4) is 5.88 Å². The molecule has 1 aliphatic rings. The van der Waals surface area contributed by atoms with Gasteiger partial charge in [-0.3, -0.25) is 0 Å². The van der Waals surface area contributed by atoms with Crippen LogP contribution in [0, 0.1) is 0 Å². The van der Waals surface area contributed by atoms with Gasteiger partial charge in [0.15, 0.2) is 0 Å².